The molecule has 2 N–H and O–H groups in total. The summed E-state index contributed by atoms with van der Waals surface area (Å²) in [5.74, 6) is -0.902. The van der Waals surface area contributed by atoms with Gasteiger partial charge in [-0.25, -0.2) is 12.8 Å². The molecule has 3 aromatic rings. The zero-order valence-electron chi connectivity index (χ0n) is 15.4. The highest BCUT2D eigenvalue weighted by Crippen LogP contribution is 2.24. The second kappa shape index (κ2) is 7.82. The number of benzene rings is 3. The minimum absolute atomic E-state index is 0.0610. The number of amides is 1. The molecule has 0 bridgehead atoms. The van der Waals surface area contributed by atoms with Crippen molar-refractivity contribution in [2.75, 3.05) is 10.0 Å². The normalized spacial score (nSPS) is 11.1. The van der Waals surface area contributed by atoms with Crippen molar-refractivity contribution in [3.05, 3.63) is 89.2 Å². The van der Waals surface area contributed by atoms with Crippen LogP contribution in [-0.2, 0) is 10.0 Å². The Balaban J connectivity index is 1.86. The third-order valence-electron chi connectivity index (χ3n) is 4.11. The Hall–Kier alpha value is -3.19. The number of halogens is 1. The van der Waals surface area contributed by atoms with Crippen LogP contribution in [-0.4, -0.2) is 14.3 Å². The maximum Gasteiger partial charge on any atom is 0.262 e. The molecule has 0 unspecified atom stereocenters. The van der Waals surface area contributed by atoms with Crippen LogP contribution in [0.4, 0.5) is 15.8 Å². The van der Waals surface area contributed by atoms with Crippen molar-refractivity contribution in [2.45, 2.75) is 18.7 Å². The lowest BCUT2D eigenvalue weighted by molar-refractivity contribution is 0.102. The van der Waals surface area contributed by atoms with Crippen LogP contribution in [0, 0.1) is 19.7 Å². The van der Waals surface area contributed by atoms with E-state index in [-0.39, 0.29) is 10.5 Å². The first-order valence-electron chi connectivity index (χ1n) is 8.52. The molecular weight excluding hydrogens is 379 g/mol. The lowest BCUT2D eigenvalue weighted by atomic mass is 10.2. The van der Waals surface area contributed by atoms with Gasteiger partial charge in [-0.15, -0.1) is 0 Å². The fraction of sp³-hybridized carbons (Fsp3) is 0.0952. The Morgan fingerprint density at radius 2 is 1.61 bits per heavy atom. The van der Waals surface area contributed by atoms with Crippen molar-refractivity contribution < 1.29 is 17.6 Å². The molecule has 0 radical (unpaired) electrons. The van der Waals surface area contributed by atoms with Crippen molar-refractivity contribution >= 4 is 27.3 Å². The summed E-state index contributed by atoms with van der Waals surface area (Å²) in [4.78, 5) is 12.4. The standard InChI is InChI=1S/C21H19FN2O3S/c1-14-4-3-5-19(12-14)24-28(26,27)20-13-18(11-6-15(20)2)23-21(25)16-7-9-17(22)10-8-16/h3-13,24H,1-2H3,(H,23,25). The number of hydrogen-bond donors (Lipinski definition) is 2. The number of carbonyl (C=O) groups excluding carboxylic acids is 1. The topological polar surface area (TPSA) is 75.3 Å². The number of aryl methyl sites for hydroxylation is 2. The van der Waals surface area contributed by atoms with E-state index in [0.29, 0.717) is 16.9 Å². The van der Waals surface area contributed by atoms with Gasteiger partial charge in [0, 0.05) is 16.9 Å². The van der Waals surface area contributed by atoms with Gasteiger partial charge in [0.25, 0.3) is 15.9 Å². The number of sulfonamides is 1. The Bertz CT molecular complexity index is 1130. The van der Waals surface area contributed by atoms with E-state index in [9.17, 15) is 17.6 Å². The van der Waals surface area contributed by atoms with Crippen LogP contribution in [0.5, 0.6) is 0 Å². The number of hydrogen-bond acceptors (Lipinski definition) is 3. The maximum atomic E-state index is 13.0. The average Bonchev–Trinajstić information content (AvgIpc) is 2.63. The second-order valence-electron chi connectivity index (χ2n) is 6.42. The van der Waals surface area contributed by atoms with Crippen molar-refractivity contribution in [1.29, 1.82) is 0 Å². The van der Waals surface area contributed by atoms with Gasteiger partial charge in [-0.05, 0) is 73.5 Å². The van der Waals surface area contributed by atoms with Crippen molar-refractivity contribution in [1.82, 2.24) is 0 Å². The molecule has 0 saturated carbocycles. The van der Waals surface area contributed by atoms with Gasteiger partial charge in [0.1, 0.15) is 5.82 Å². The summed E-state index contributed by atoms with van der Waals surface area (Å²) in [6.45, 7) is 3.55. The van der Waals surface area contributed by atoms with E-state index >= 15 is 0 Å². The van der Waals surface area contributed by atoms with E-state index in [1.54, 1.807) is 37.3 Å². The van der Waals surface area contributed by atoms with Gasteiger partial charge in [-0.3, -0.25) is 9.52 Å². The Morgan fingerprint density at radius 1 is 0.893 bits per heavy atom. The van der Waals surface area contributed by atoms with Gasteiger partial charge in [0.05, 0.1) is 4.90 Å². The molecule has 0 aliphatic rings. The summed E-state index contributed by atoms with van der Waals surface area (Å²) >= 11 is 0. The first kappa shape index (κ1) is 19.6. The first-order chi connectivity index (χ1) is 13.2. The number of anilines is 2. The predicted molar refractivity (Wildman–Crippen MR) is 108 cm³/mol. The van der Waals surface area contributed by atoms with Crippen LogP contribution in [0.25, 0.3) is 0 Å². The SMILES string of the molecule is Cc1cccc(NS(=O)(=O)c2cc(NC(=O)c3ccc(F)cc3)ccc2C)c1. The van der Waals surface area contributed by atoms with Crippen molar-refractivity contribution in [2.24, 2.45) is 0 Å². The molecule has 0 aromatic heterocycles. The number of carbonyl (C=O) groups is 1. The van der Waals surface area contributed by atoms with Gasteiger partial charge in [-0.2, -0.15) is 0 Å². The van der Waals surface area contributed by atoms with Crippen LogP contribution in [0.1, 0.15) is 21.5 Å². The van der Waals surface area contributed by atoms with Crippen molar-refractivity contribution in [3.8, 4) is 0 Å². The van der Waals surface area contributed by atoms with E-state index in [1.165, 1.54) is 30.3 Å². The van der Waals surface area contributed by atoms with Crippen LogP contribution >= 0.6 is 0 Å². The van der Waals surface area contributed by atoms with E-state index in [0.717, 1.165) is 5.56 Å². The van der Waals surface area contributed by atoms with E-state index in [1.807, 2.05) is 13.0 Å². The van der Waals surface area contributed by atoms with E-state index in [2.05, 4.69) is 10.0 Å². The summed E-state index contributed by atoms with van der Waals surface area (Å²) in [5, 5.41) is 2.64. The summed E-state index contributed by atoms with van der Waals surface area (Å²) in [6.07, 6.45) is 0. The molecule has 28 heavy (non-hydrogen) atoms. The monoisotopic (exact) mass is 398 g/mol. The molecule has 0 atom stereocenters. The fourth-order valence-electron chi connectivity index (χ4n) is 2.69. The lowest BCUT2D eigenvalue weighted by Gasteiger charge is -2.13. The van der Waals surface area contributed by atoms with Crippen LogP contribution in [0.2, 0.25) is 0 Å². The molecule has 0 spiro atoms. The highest BCUT2D eigenvalue weighted by Gasteiger charge is 2.18. The Kier molecular flexibility index (Phi) is 5.46. The van der Waals surface area contributed by atoms with Gasteiger partial charge < -0.3 is 5.32 Å². The first-order valence-corrected chi connectivity index (χ1v) is 10.00. The Morgan fingerprint density at radius 3 is 2.29 bits per heavy atom. The molecule has 3 rings (SSSR count). The molecule has 0 fully saturated rings. The molecule has 5 nitrogen and oxygen atoms in total. The molecule has 3 aromatic carbocycles. The van der Waals surface area contributed by atoms with Crippen LogP contribution < -0.4 is 10.0 Å². The quantitative estimate of drug-likeness (QED) is 0.665. The van der Waals surface area contributed by atoms with Gasteiger partial charge in [0.15, 0.2) is 0 Å². The minimum Gasteiger partial charge on any atom is -0.322 e. The molecule has 1 amide bonds. The summed E-state index contributed by atoms with van der Waals surface area (Å²) < 4.78 is 41.2. The minimum atomic E-state index is -3.84. The largest absolute Gasteiger partial charge is 0.322 e. The van der Waals surface area contributed by atoms with Crippen molar-refractivity contribution in [3.63, 3.8) is 0 Å². The van der Waals surface area contributed by atoms with E-state index in [4.69, 9.17) is 0 Å². The third-order valence-corrected chi connectivity index (χ3v) is 5.64. The van der Waals surface area contributed by atoms with Gasteiger partial charge >= 0.3 is 0 Å². The number of rotatable bonds is 5. The smallest absolute Gasteiger partial charge is 0.262 e. The molecule has 0 saturated heterocycles. The highest BCUT2D eigenvalue weighted by atomic mass is 32.2. The molecular formula is C21H19FN2O3S. The molecule has 7 heteroatoms. The van der Waals surface area contributed by atoms with E-state index < -0.39 is 21.7 Å². The average molecular weight is 398 g/mol. The zero-order valence-corrected chi connectivity index (χ0v) is 16.2. The third kappa shape index (κ3) is 4.55. The summed E-state index contributed by atoms with van der Waals surface area (Å²) in [5.41, 5.74) is 2.52. The predicted octanol–water partition coefficient (Wildman–Crippen LogP) is 4.50. The highest BCUT2D eigenvalue weighted by molar-refractivity contribution is 7.92. The Labute approximate surface area is 163 Å². The second-order valence-corrected chi connectivity index (χ2v) is 8.07. The molecule has 0 heterocycles. The number of nitrogens with one attached hydrogen (secondary N) is 2. The summed E-state index contributed by atoms with van der Waals surface area (Å²) in [6, 6.07) is 16.7. The summed E-state index contributed by atoms with van der Waals surface area (Å²) in [7, 11) is -3.84. The maximum absolute atomic E-state index is 13.0. The lowest BCUT2D eigenvalue weighted by Crippen LogP contribution is -2.16. The molecule has 0 aliphatic carbocycles. The van der Waals surface area contributed by atoms with Gasteiger partial charge in [-0.1, -0.05) is 18.2 Å². The molecule has 0 aliphatic heterocycles. The zero-order chi connectivity index (χ0) is 20.3. The van der Waals surface area contributed by atoms with Crippen LogP contribution in [0.3, 0.4) is 0 Å². The molecule has 144 valence electrons. The van der Waals surface area contributed by atoms with Crippen LogP contribution in [0.15, 0.2) is 71.6 Å². The fourth-order valence-corrected chi connectivity index (χ4v) is 4.01. The van der Waals surface area contributed by atoms with Gasteiger partial charge in [0.2, 0.25) is 0 Å².